The van der Waals surface area contributed by atoms with Crippen LogP contribution in [-0.2, 0) is 0 Å². The average Bonchev–Trinajstić information content (AvgIpc) is 2.40. The second kappa shape index (κ2) is 6.25. The summed E-state index contributed by atoms with van der Waals surface area (Å²) in [5.41, 5.74) is 2.11. The van der Waals surface area contributed by atoms with Gasteiger partial charge in [-0.2, -0.15) is 0 Å². The summed E-state index contributed by atoms with van der Waals surface area (Å²) >= 11 is 0. The van der Waals surface area contributed by atoms with Crippen molar-refractivity contribution in [3.8, 4) is 0 Å². The van der Waals surface area contributed by atoms with Crippen LogP contribution in [0, 0.1) is 6.92 Å². The van der Waals surface area contributed by atoms with E-state index >= 15 is 0 Å². The lowest BCUT2D eigenvalue weighted by atomic mass is 10.0. The third-order valence-electron chi connectivity index (χ3n) is 3.85. The monoisotopic (exact) mass is 248 g/mol. The molecule has 1 fully saturated rings. The van der Waals surface area contributed by atoms with E-state index in [2.05, 4.69) is 34.0 Å². The van der Waals surface area contributed by atoms with E-state index in [1.54, 1.807) is 12.4 Å². The molecule has 4 heteroatoms. The second-order valence-electron chi connectivity index (χ2n) is 5.12. The quantitative estimate of drug-likeness (QED) is 0.884. The Hall–Kier alpha value is -1.00. The molecule has 0 radical (unpaired) electrons. The molecule has 1 N–H and O–H groups in total. The zero-order valence-corrected chi connectivity index (χ0v) is 11.7. The van der Waals surface area contributed by atoms with E-state index in [0.29, 0.717) is 6.04 Å². The third kappa shape index (κ3) is 3.27. The van der Waals surface area contributed by atoms with Crippen LogP contribution in [-0.4, -0.2) is 40.5 Å². The Morgan fingerprint density at radius 1 is 1.33 bits per heavy atom. The molecule has 1 atom stereocenters. The lowest BCUT2D eigenvalue weighted by Crippen LogP contribution is -2.43. The van der Waals surface area contributed by atoms with Crippen LogP contribution < -0.4 is 5.32 Å². The van der Waals surface area contributed by atoms with Gasteiger partial charge < -0.3 is 10.2 Å². The Labute approximate surface area is 110 Å². The van der Waals surface area contributed by atoms with Gasteiger partial charge in [-0.05, 0) is 46.3 Å². The summed E-state index contributed by atoms with van der Waals surface area (Å²) < 4.78 is 0. The van der Waals surface area contributed by atoms with Gasteiger partial charge in [-0.15, -0.1) is 0 Å². The van der Waals surface area contributed by atoms with Crippen molar-refractivity contribution < 1.29 is 0 Å². The van der Waals surface area contributed by atoms with Gasteiger partial charge in [0, 0.05) is 24.5 Å². The number of aromatic nitrogens is 2. The second-order valence-corrected chi connectivity index (χ2v) is 5.12. The van der Waals surface area contributed by atoms with Crippen molar-refractivity contribution in [1.82, 2.24) is 20.2 Å². The Morgan fingerprint density at radius 3 is 2.61 bits per heavy atom. The highest BCUT2D eigenvalue weighted by Gasteiger charge is 2.20. The maximum atomic E-state index is 4.44. The van der Waals surface area contributed by atoms with E-state index in [1.807, 2.05) is 6.92 Å². The van der Waals surface area contributed by atoms with Crippen molar-refractivity contribution in [2.45, 2.75) is 45.7 Å². The Morgan fingerprint density at radius 2 is 2.00 bits per heavy atom. The highest BCUT2D eigenvalue weighted by molar-refractivity contribution is 5.12. The van der Waals surface area contributed by atoms with Crippen LogP contribution in [0.4, 0.5) is 0 Å². The van der Waals surface area contributed by atoms with Gasteiger partial charge >= 0.3 is 0 Å². The summed E-state index contributed by atoms with van der Waals surface area (Å²) in [5, 5.41) is 3.69. The molecule has 1 aromatic heterocycles. The first-order chi connectivity index (χ1) is 8.70. The number of nitrogens with one attached hydrogen (secondary N) is 1. The number of nitrogens with zero attached hydrogens (tertiary/aromatic N) is 3. The van der Waals surface area contributed by atoms with Gasteiger partial charge in [-0.25, -0.2) is 0 Å². The first kappa shape index (κ1) is 13.4. The first-order valence-corrected chi connectivity index (χ1v) is 6.96. The van der Waals surface area contributed by atoms with E-state index in [4.69, 9.17) is 0 Å². The highest BCUT2D eigenvalue weighted by Crippen LogP contribution is 2.17. The van der Waals surface area contributed by atoms with E-state index in [0.717, 1.165) is 11.4 Å². The number of aryl methyl sites for hydroxylation is 1. The summed E-state index contributed by atoms with van der Waals surface area (Å²) in [6, 6.07) is 0.904. The molecule has 2 heterocycles. The van der Waals surface area contributed by atoms with Crippen molar-refractivity contribution in [2.24, 2.45) is 0 Å². The predicted octanol–water partition coefficient (Wildman–Crippen LogP) is 1.92. The Balaban J connectivity index is 1.89. The molecule has 0 aromatic carbocycles. The summed E-state index contributed by atoms with van der Waals surface area (Å²) in [4.78, 5) is 11.3. The number of hydrogen-bond acceptors (Lipinski definition) is 4. The van der Waals surface area contributed by atoms with Crippen LogP contribution in [0.2, 0.25) is 0 Å². The lowest BCUT2D eigenvalue weighted by molar-refractivity contribution is 0.200. The third-order valence-corrected chi connectivity index (χ3v) is 3.85. The number of piperidine rings is 1. The molecule has 0 bridgehead atoms. The topological polar surface area (TPSA) is 41.0 Å². The minimum atomic E-state index is 0.289. The SMILES string of the molecule is CCN1CCC(NC(C)c2nccnc2C)CC1. The largest absolute Gasteiger partial charge is 0.306 e. The van der Waals surface area contributed by atoms with E-state index in [-0.39, 0.29) is 6.04 Å². The van der Waals surface area contributed by atoms with Gasteiger partial charge in [-0.1, -0.05) is 6.92 Å². The molecule has 0 aliphatic carbocycles. The molecule has 18 heavy (non-hydrogen) atoms. The molecular weight excluding hydrogens is 224 g/mol. The molecule has 0 saturated carbocycles. The zero-order chi connectivity index (χ0) is 13.0. The molecule has 0 amide bonds. The molecule has 2 rings (SSSR count). The molecular formula is C14H24N4. The number of hydrogen-bond donors (Lipinski definition) is 1. The highest BCUT2D eigenvalue weighted by atomic mass is 15.1. The average molecular weight is 248 g/mol. The standard InChI is InChI=1S/C14H24N4/c1-4-18-9-5-13(6-10-18)17-12(3)14-11(2)15-7-8-16-14/h7-8,12-13,17H,4-6,9-10H2,1-3H3. The molecule has 1 aromatic rings. The fourth-order valence-corrected chi connectivity index (χ4v) is 2.69. The van der Waals surface area contributed by atoms with Gasteiger partial charge in [0.25, 0.3) is 0 Å². The van der Waals surface area contributed by atoms with Gasteiger partial charge in [0.1, 0.15) is 0 Å². The molecule has 1 aliphatic heterocycles. The minimum absolute atomic E-state index is 0.289. The van der Waals surface area contributed by atoms with Gasteiger partial charge in [-0.3, -0.25) is 9.97 Å². The van der Waals surface area contributed by atoms with Crippen molar-refractivity contribution >= 4 is 0 Å². The fraction of sp³-hybridized carbons (Fsp3) is 0.714. The molecule has 0 spiro atoms. The zero-order valence-electron chi connectivity index (χ0n) is 11.7. The van der Waals surface area contributed by atoms with E-state index in [1.165, 1.54) is 32.5 Å². The van der Waals surface area contributed by atoms with Crippen LogP contribution in [0.5, 0.6) is 0 Å². The summed E-state index contributed by atoms with van der Waals surface area (Å²) in [7, 11) is 0. The van der Waals surface area contributed by atoms with Crippen LogP contribution in [0.15, 0.2) is 12.4 Å². The molecule has 1 saturated heterocycles. The summed E-state index contributed by atoms with van der Waals surface area (Å²) in [6.07, 6.45) is 6.00. The van der Waals surface area contributed by atoms with Gasteiger partial charge in [0.15, 0.2) is 0 Å². The molecule has 4 nitrogen and oxygen atoms in total. The maximum absolute atomic E-state index is 4.44. The Bertz CT molecular complexity index is 372. The van der Waals surface area contributed by atoms with Crippen molar-refractivity contribution in [2.75, 3.05) is 19.6 Å². The molecule has 100 valence electrons. The van der Waals surface area contributed by atoms with Crippen molar-refractivity contribution in [1.29, 1.82) is 0 Å². The summed E-state index contributed by atoms with van der Waals surface area (Å²) in [6.45, 7) is 10.0. The van der Waals surface area contributed by atoms with Crippen molar-refractivity contribution in [3.05, 3.63) is 23.8 Å². The van der Waals surface area contributed by atoms with Crippen LogP contribution in [0.3, 0.4) is 0 Å². The Kier molecular flexibility index (Phi) is 4.66. The van der Waals surface area contributed by atoms with Gasteiger partial charge in [0.05, 0.1) is 11.4 Å². The van der Waals surface area contributed by atoms with E-state index in [9.17, 15) is 0 Å². The molecule has 1 aliphatic rings. The van der Waals surface area contributed by atoms with Crippen LogP contribution in [0.1, 0.15) is 44.1 Å². The lowest BCUT2D eigenvalue weighted by Gasteiger charge is -2.33. The fourth-order valence-electron chi connectivity index (χ4n) is 2.69. The smallest absolute Gasteiger partial charge is 0.0782 e. The van der Waals surface area contributed by atoms with Crippen LogP contribution in [0.25, 0.3) is 0 Å². The maximum Gasteiger partial charge on any atom is 0.0782 e. The van der Waals surface area contributed by atoms with E-state index < -0.39 is 0 Å². The number of likely N-dealkylation sites (tertiary alicyclic amines) is 1. The molecule has 1 unspecified atom stereocenters. The van der Waals surface area contributed by atoms with Crippen molar-refractivity contribution in [3.63, 3.8) is 0 Å². The first-order valence-electron chi connectivity index (χ1n) is 6.96. The normalized spacial score (nSPS) is 19.9. The number of rotatable bonds is 4. The predicted molar refractivity (Wildman–Crippen MR) is 73.5 cm³/mol. The minimum Gasteiger partial charge on any atom is -0.306 e. The van der Waals surface area contributed by atoms with Gasteiger partial charge in [0.2, 0.25) is 0 Å². The summed E-state index contributed by atoms with van der Waals surface area (Å²) in [5.74, 6) is 0. The van der Waals surface area contributed by atoms with Crippen LogP contribution >= 0.6 is 0 Å².